The predicted molar refractivity (Wildman–Crippen MR) is 90.7 cm³/mol. The zero-order valence-corrected chi connectivity index (χ0v) is 14.8. The molecule has 1 saturated carbocycles. The first-order valence-electron chi connectivity index (χ1n) is 7.17. The third-order valence-corrected chi connectivity index (χ3v) is 6.73. The molecule has 120 valence electrons. The number of nitrogens with zero attached hydrogens (tertiary/aromatic N) is 1. The second kappa shape index (κ2) is 4.87. The molecule has 2 fully saturated rings. The second-order valence-electron chi connectivity index (χ2n) is 6.17. The number of sulfonamides is 1. The van der Waals surface area contributed by atoms with Crippen molar-refractivity contribution in [1.29, 1.82) is 0 Å². The monoisotopic (exact) mass is 444 g/mol. The summed E-state index contributed by atoms with van der Waals surface area (Å²) in [6.45, 7) is 0. The molecule has 1 aliphatic heterocycles. The minimum Gasteiger partial charge on any atom is -0.274 e. The van der Waals surface area contributed by atoms with Gasteiger partial charge in [0.15, 0.2) is 0 Å². The smallest absolute Gasteiger partial charge is 0.238 e. The van der Waals surface area contributed by atoms with Crippen LogP contribution < -0.4 is 10.0 Å². The molecular formula is C15H13IN2O4S. The van der Waals surface area contributed by atoms with E-state index < -0.39 is 10.0 Å². The van der Waals surface area contributed by atoms with E-state index >= 15 is 0 Å². The normalized spacial score (nSPS) is 32.0. The molecule has 3 aliphatic rings. The molecule has 1 aromatic carbocycles. The molecule has 23 heavy (non-hydrogen) atoms. The number of fused-ring (bicyclic) bond motifs is 5. The average molecular weight is 444 g/mol. The van der Waals surface area contributed by atoms with Crippen LogP contribution in [0.3, 0.4) is 0 Å². The number of allylic oxidation sites excluding steroid dienone is 2. The lowest BCUT2D eigenvalue weighted by Gasteiger charge is -2.19. The maximum Gasteiger partial charge on any atom is 0.238 e. The van der Waals surface area contributed by atoms with Crippen molar-refractivity contribution in [3.8, 4) is 0 Å². The molecule has 0 aromatic heterocycles. The highest BCUT2D eigenvalue weighted by Gasteiger charge is 2.59. The Morgan fingerprint density at radius 1 is 1.09 bits per heavy atom. The highest BCUT2D eigenvalue weighted by Crippen LogP contribution is 2.53. The van der Waals surface area contributed by atoms with Crippen LogP contribution in [0.1, 0.15) is 6.42 Å². The van der Waals surface area contributed by atoms with Crippen LogP contribution in [0.25, 0.3) is 0 Å². The Hall–Kier alpha value is -1.26. The Kier molecular flexibility index (Phi) is 3.23. The molecular weight excluding hydrogens is 431 g/mol. The highest BCUT2D eigenvalue weighted by molar-refractivity contribution is 14.1. The number of primary sulfonamides is 1. The van der Waals surface area contributed by atoms with E-state index in [0.29, 0.717) is 9.26 Å². The number of carbonyl (C=O) groups is 2. The largest absolute Gasteiger partial charge is 0.274 e. The highest BCUT2D eigenvalue weighted by atomic mass is 127. The number of carbonyl (C=O) groups excluding carboxylic acids is 2. The van der Waals surface area contributed by atoms with E-state index in [9.17, 15) is 18.0 Å². The van der Waals surface area contributed by atoms with E-state index in [4.69, 9.17) is 5.14 Å². The lowest BCUT2D eigenvalue weighted by Crippen LogP contribution is -2.33. The third kappa shape index (κ3) is 2.11. The van der Waals surface area contributed by atoms with Gasteiger partial charge in [-0.1, -0.05) is 12.2 Å². The Morgan fingerprint density at radius 3 is 2.13 bits per heavy atom. The number of benzene rings is 1. The predicted octanol–water partition coefficient (Wildman–Crippen LogP) is 1.25. The van der Waals surface area contributed by atoms with Crippen molar-refractivity contribution < 1.29 is 18.0 Å². The molecule has 4 atom stereocenters. The summed E-state index contributed by atoms with van der Waals surface area (Å²) in [7, 11) is -3.82. The van der Waals surface area contributed by atoms with Crippen molar-refractivity contribution in [3.05, 3.63) is 33.9 Å². The second-order valence-corrected chi connectivity index (χ2v) is 8.89. The Balaban J connectivity index is 1.75. The van der Waals surface area contributed by atoms with E-state index in [2.05, 4.69) is 0 Å². The lowest BCUT2D eigenvalue weighted by atomic mass is 9.85. The molecule has 0 radical (unpaired) electrons. The third-order valence-electron chi connectivity index (χ3n) is 4.96. The van der Waals surface area contributed by atoms with Crippen LogP contribution in [0.15, 0.2) is 35.2 Å². The summed E-state index contributed by atoms with van der Waals surface area (Å²) in [5, 5.41) is 5.12. The average Bonchev–Trinajstić information content (AvgIpc) is 3.13. The van der Waals surface area contributed by atoms with Crippen LogP contribution in [-0.2, 0) is 19.6 Å². The number of hydrogen-bond donors (Lipinski definition) is 1. The molecule has 2 bridgehead atoms. The van der Waals surface area contributed by atoms with Gasteiger partial charge in [-0.05, 0) is 59.0 Å². The van der Waals surface area contributed by atoms with Crippen LogP contribution in [-0.4, -0.2) is 20.2 Å². The Morgan fingerprint density at radius 2 is 1.65 bits per heavy atom. The van der Waals surface area contributed by atoms with Gasteiger partial charge in [0.1, 0.15) is 0 Å². The number of rotatable bonds is 2. The fourth-order valence-corrected chi connectivity index (χ4v) is 5.49. The van der Waals surface area contributed by atoms with Crippen LogP contribution in [0.2, 0.25) is 0 Å². The zero-order valence-electron chi connectivity index (χ0n) is 11.8. The topological polar surface area (TPSA) is 97.5 Å². The molecule has 2 aliphatic carbocycles. The fourth-order valence-electron chi connectivity index (χ4n) is 3.99. The first kappa shape index (κ1) is 15.3. The summed E-state index contributed by atoms with van der Waals surface area (Å²) in [4.78, 5) is 26.7. The number of amides is 2. The van der Waals surface area contributed by atoms with Crippen molar-refractivity contribution in [2.75, 3.05) is 4.90 Å². The first-order chi connectivity index (χ1) is 10.8. The van der Waals surface area contributed by atoms with Crippen molar-refractivity contribution in [2.45, 2.75) is 11.3 Å². The van der Waals surface area contributed by atoms with E-state index in [1.165, 1.54) is 23.1 Å². The summed E-state index contributed by atoms with van der Waals surface area (Å²) >= 11 is 1.92. The summed E-state index contributed by atoms with van der Waals surface area (Å²) in [5.74, 6) is -0.616. The molecule has 2 amide bonds. The first-order valence-corrected chi connectivity index (χ1v) is 9.80. The maximum atomic E-state index is 12.7. The van der Waals surface area contributed by atoms with Crippen LogP contribution >= 0.6 is 22.6 Å². The van der Waals surface area contributed by atoms with Gasteiger partial charge in [-0.25, -0.2) is 18.5 Å². The van der Waals surface area contributed by atoms with Gasteiger partial charge in [-0.2, -0.15) is 0 Å². The summed E-state index contributed by atoms with van der Waals surface area (Å²) < 4.78 is 23.3. The van der Waals surface area contributed by atoms with Gasteiger partial charge in [-0.3, -0.25) is 9.59 Å². The zero-order chi connectivity index (χ0) is 16.5. The van der Waals surface area contributed by atoms with Crippen molar-refractivity contribution in [2.24, 2.45) is 28.8 Å². The van der Waals surface area contributed by atoms with Crippen molar-refractivity contribution >= 4 is 50.1 Å². The van der Waals surface area contributed by atoms with Gasteiger partial charge in [0.25, 0.3) is 0 Å². The number of halogens is 1. The molecule has 1 saturated heterocycles. The molecule has 2 N–H and O–H groups in total. The van der Waals surface area contributed by atoms with Gasteiger partial charge in [0.05, 0.1) is 22.4 Å². The van der Waals surface area contributed by atoms with Crippen LogP contribution in [0.5, 0.6) is 0 Å². The van der Waals surface area contributed by atoms with Crippen LogP contribution in [0, 0.1) is 27.2 Å². The number of anilines is 1. The Labute approximate surface area is 146 Å². The molecule has 1 heterocycles. The van der Waals surface area contributed by atoms with Crippen molar-refractivity contribution in [3.63, 3.8) is 0 Å². The molecule has 0 unspecified atom stereocenters. The lowest BCUT2D eigenvalue weighted by molar-refractivity contribution is -0.123. The SMILES string of the molecule is NS(=O)(=O)c1ccc(N2C(=O)[C@@H]3[C@H](C2=O)[C@@H]2C=C[C@H]3C2)c(I)c1. The van der Waals surface area contributed by atoms with Gasteiger partial charge >= 0.3 is 0 Å². The number of imide groups is 1. The molecule has 0 spiro atoms. The maximum absolute atomic E-state index is 12.7. The summed E-state index contributed by atoms with van der Waals surface area (Å²) in [5.41, 5.74) is 0.432. The fraction of sp³-hybridized carbons (Fsp3) is 0.333. The Bertz CT molecular complexity index is 849. The minimum atomic E-state index is -3.82. The summed E-state index contributed by atoms with van der Waals surface area (Å²) in [6, 6.07) is 4.19. The quantitative estimate of drug-likeness (QED) is 0.422. The number of nitrogens with two attached hydrogens (primary N) is 1. The molecule has 4 rings (SSSR count). The number of hydrogen-bond acceptors (Lipinski definition) is 4. The van der Waals surface area contributed by atoms with Crippen molar-refractivity contribution in [1.82, 2.24) is 0 Å². The van der Waals surface area contributed by atoms with Gasteiger partial charge in [0.2, 0.25) is 21.8 Å². The van der Waals surface area contributed by atoms with Gasteiger partial charge < -0.3 is 0 Å². The van der Waals surface area contributed by atoms with Crippen LogP contribution in [0.4, 0.5) is 5.69 Å². The summed E-state index contributed by atoms with van der Waals surface area (Å²) in [6.07, 6.45) is 4.95. The molecule has 6 nitrogen and oxygen atoms in total. The van der Waals surface area contributed by atoms with E-state index in [0.717, 1.165) is 6.42 Å². The van der Waals surface area contributed by atoms with Gasteiger partial charge in [0, 0.05) is 3.57 Å². The molecule has 1 aromatic rings. The van der Waals surface area contributed by atoms with E-state index in [-0.39, 0.29) is 40.4 Å². The van der Waals surface area contributed by atoms with Gasteiger partial charge in [-0.15, -0.1) is 0 Å². The molecule has 8 heteroatoms. The minimum absolute atomic E-state index is 0.0355. The van der Waals surface area contributed by atoms with E-state index in [1.54, 1.807) is 0 Å². The standard InChI is InChI=1S/C15H13IN2O4S/c16-10-6-9(23(17,21)22)3-4-11(10)18-14(19)12-7-1-2-8(5-7)13(12)15(18)20/h1-4,6-8,12-13H,5H2,(H2,17,21,22)/t7-,8+,12-,13+. The van der Waals surface area contributed by atoms with E-state index in [1.807, 2.05) is 34.7 Å².